The van der Waals surface area contributed by atoms with E-state index in [-0.39, 0.29) is 10.3 Å². The van der Waals surface area contributed by atoms with E-state index in [9.17, 15) is 9.18 Å². The van der Waals surface area contributed by atoms with Gasteiger partial charge in [0.15, 0.2) is 5.78 Å². The molecular weight excluding hydrogens is 239 g/mol. The van der Waals surface area contributed by atoms with E-state index in [4.69, 9.17) is 4.74 Å². The lowest BCUT2D eigenvalue weighted by Crippen LogP contribution is -1.96. The molecule has 0 atom stereocenters. The van der Waals surface area contributed by atoms with Crippen LogP contribution in [-0.2, 0) is 0 Å². The summed E-state index contributed by atoms with van der Waals surface area (Å²) in [6, 6.07) is 2.67. The molecule has 4 heteroatoms. The highest BCUT2D eigenvalue weighted by Crippen LogP contribution is 2.29. The number of hydrogen-bond donors (Lipinski definition) is 0. The van der Waals surface area contributed by atoms with E-state index in [0.717, 1.165) is 0 Å². The predicted molar refractivity (Wildman–Crippen MR) is 50.7 cm³/mol. The van der Waals surface area contributed by atoms with Crippen LogP contribution in [0, 0.1) is 5.82 Å². The van der Waals surface area contributed by atoms with Gasteiger partial charge >= 0.3 is 0 Å². The van der Waals surface area contributed by atoms with Gasteiger partial charge in [0.25, 0.3) is 0 Å². The Balaban J connectivity index is 3.30. The van der Waals surface area contributed by atoms with Crippen molar-refractivity contribution in [2.75, 3.05) is 7.11 Å². The van der Waals surface area contributed by atoms with Crippen molar-refractivity contribution in [2.24, 2.45) is 0 Å². The zero-order valence-corrected chi connectivity index (χ0v) is 8.81. The summed E-state index contributed by atoms with van der Waals surface area (Å²) in [5.41, 5.74) is 0.303. The fourth-order valence-corrected chi connectivity index (χ4v) is 1.31. The Morgan fingerprint density at radius 1 is 1.54 bits per heavy atom. The van der Waals surface area contributed by atoms with Crippen LogP contribution < -0.4 is 4.74 Å². The molecule has 0 aliphatic heterocycles. The number of halogens is 2. The quantitative estimate of drug-likeness (QED) is 0.751. The van der Waals surface area contributed by atoms with E-state index in [1.54, 1.807) is 0 Å². The minimum atomic E-state index is -0.496. The summed E-state index contributed by atoms with van der Waals surface area (Å²) < 4.78 is 18.2. The Hall–Kier alpha value is -0.900. The molecule has 0 aromatic heterocycles. The highest BCUT2D eigenvalue weighted by Gasteiger charge is 2.10. The summed E-state index contributed by atoms with van der Waals surface area (Å²) in [7, 11) is 1.42. The van der Waals surface area contributed by atoms with Gasteiger partial charge in [-0.15, -0.1) is 0 Å². The lowest BCUT2D eigenvalue weighted by atomic mass is 10.1. The normalized spacial score (nSPS) is 9.85. The van der Waals surface area contributed by atoms with Gasteiger partial charge in [0.2, 0.25) is 0 Å². The van der Waals surface area contributed by atoms with Crippen molar-refractivity contribution in [2.45, 2.75) is 6.92 Å². The van der Waals surface area contributed by atoms with Crippen LogP contribution in [-0.4, -0.2) is 12.9 Å². The molecule has 70 valence electrons. The first kappa shape index (κ1) is 10.2. The van der Waals surface area contributed by atoms with Gasteiger partial charge in [-0.25, -0.2) is 4.39 Å². The lowest BCUT2D eigenvalue weighted by molar-refractivity contribution is 0.101. The van der Waals surface area contributed by atoms with Crippen LogP contribution in [0.4, 0.5) is 4.39 Å². The zero-order chi connectivity index (χ0) is 10.0. The van der Waals surface area contributed by atoms with E-state index in [1.807, 2.05) is 0 Å². The van der Waals surface area contributed by atoms with Crippen molar-refractivity contribution in [1.29, 1.82) is 0 Å². The van der Waals surface area contributed by atoms with Gasteiger partial charge in [-0.05, 0) is 35.0 Å². The SMILES string of the molecule is COc1cc(C(C)=O)cc(F)c1Br. The molecule has 0 saturated carbocycles. The Bertz CT molecular complexity index is 350. The molecule has 0 amide bonds. The minimum Gasteiger partial charge on any atom is -0.495 e. The lowest BCUT2D eigenvalue weighted by Gasteiger charge is -2.05. The molecule has 0 radical (unpaired) electrons. The molecule has 0 aliphatic carbocycles. The molecule has 0 fully saturated rings. The van der Waals surface area contributed by atoms with E-state index >= 15 is 0 Å². The predicted octanol–water partition coefficient (Wildman–Crippen LogP) is 2.80. The largest absolute Gasteiger partial charge is 0.495 e. The van der Waals surface area contributed by atoms with Gasteiger partial charge in [-0.3, -0.25) is 4.79 Å². The van der Waals surface area contributed by atoms with Crippen LogP contribution >= 0.6 is 15.9 Å². The summed E-state index contributed by atoms with van der Waals surface area (Å²) in [6.45, 7) is 1.38. The van der Waals surface area contributed by atoms with Gasteiger partial charge < -0.3 is 4.74 Å². The maximum Gasteiger partial charge on any atom is 0.160 e. The number of ketones is 1. The molecule has 0 heterocycles. The summed E-state index contributed by atoms with van der Waals surface area (Å²) in [6.07, 6.45) is 0. The minimum absolute atomic E-state index is 0.190. The Kier molecular flexibility index (Phi) is 3.03. The van der Waals surface area contributed by atoms with Crippen LogP contribution in [0.1, 0.15) is 17.3 Å². The number of carbonyl (C=O) groups excluding carboxylic acids is 1. The maximum absolute atomic E-state index is 13.1. The van der Waals surface area contributed by atoms with Crippen LogP contribution in [0.5, 0.6) is 5.75 Å². The third kappa shape index (κ3) is 2.06. The number of carbonyl (C=O) groups is 1. The van der Waals surface area contributed by atoms with Crippen molar-refractivity contribution < 1.29 is 13.9 Å². The number of Topliss-reactive ketones (excluding diaryl/α,β-unsaturated/α-hetero) is 1. The standard InChI is InChI=1S/C9H8BrFO2/c1-5(12)6-3-7(11)9(10)8(4-6)13-2/h3-4H,1-2H3. The third-order valence-electron chi connectivity index (χ3n) is 1.62. The first-order valence-electron chi connectivity index (χ1n) is 3.60. The molecule has 2 nitrogen and oxygen atoms in total. The second kappa shape index (κ2) is 3.87. The van der Waals surface area contributed by atoms with Gasteiger partial charge in [-0.1, -0.05) is 0 Å². The molecule has 0 N–H and O–H groups in total. The first-order valence-corrected chi connectivity index (χ1v) is 4.39. The molecule has 0 saturated heterocycles. The third-order valence-corrected chi connectivity index (χ3v) is 2.39. The second-order valence-electron chi connectivity index (χ2n) is 2.53. The molecule has 1 aromatic carbocycles. The van der Waals surface area contributed by atoms with Gasteiger partial charge in [0, 0.05) is 5.56 Å². The van der Waals surface area contributed by atoms with Crippen LogP contribution in [0.15, 0.2) is 16.6 Å². The molecule has 0 spiro atoms. The molecular formula is C9H8BrFO2. The van der Waals surface area contributed by atoms with E-state index in [1.165, 1.54) is 26.2 Å². The number of rotatable bonds is 2. The fourth-order valence-electron chi connectivity index (χ4n) is 0.916. The number of methoxy groups -OCH3 is 1. The molecule has 0 aliphatic rings. The van der Waals surface area contributed by atoms with E-state index in [0.29, 0.717) is 11.3 Å². The summed E-state index contributed by atoms with van der Waals surface area (Å²) in [5.74, 6) is -0.362. The van der Waals surface area contributed by atoms with Crippen LogP contribution in [0.25, 0.3) is 0 Å². The van der Waals surface area contributed by atoms with Crippen molar-refractivity contribution in [1.82, 2.24) is 0 Å². The number of ether oxygens (including phenoxy) is 1. The smallest absolute Gasteiger partial charge is 0.160 e. The van der Waals surface area contributed by atoms with Crippen LogP contribution in [0.3, 0.4) is 0 Å². The molecule has 13 heavy (non-hydrogen) atoms. The van der Waals surface area contributed by atoms with Crippen molar-refractivity contribution in [3.8, 4) is 5.75 Å². The Morgan fingerprint density at radius 3 is 2.62 bits per heavy atom. The van der Waals surface area contributed by atoms with E-state index in [2.05, 4.69) is 15.9 Å². The van der Waals surface area contributed by atoms with Gasteiger partial charge in [-0.2, -0.15) is 0 Å². The van der Waals surface area contributed by atoms with Crippen molar-refractivity contribution in [3.63, 3.8) is 0 Å². The molecule has 0 bridgehead atoms. The average molecular weight is 247 g/mol. The summed E-state index contributed by atoms with van der Waals surface area (Å²) in [5, 5.41) is 0. The number of hydrogen-bond acceptors (Lipinski definition) is 2. The summed E-state index contributed by atoms with van der Waals surface area (Å²) >= 11 is 3.01. The average Bonchev–Trinajstić information content (AvgIpc) is 2.09. The molecule has 1 rings (SSSR count). The topological polar surface area (TPSA) is 26.3 Å². The first-order chi connectivity index (χ1) is 6.06. The molecule has 0 unspecified atom stereocenters. The second-order valence-corrected chi connectivity index (χ2v) is 3.32. The van der Waals surface area contributed by atoms with Gasteiger partial charge in [0.05, 0.1) is 11.6 Å². The highest BCUT2D eigenvalue weighted by atomic mass is 79.9. The summed E-state index contributed by atoms with van der Waals surface area (Å²) in [4.78, 5) is 10.9. The maximum atomic E-state index is 13.1. The van der Waals surface area contributed by atoms with E-state index < -0.39 is 5.82 Å². The Morgan fingerprint density at radius 2 is 2.15 bits per heavy atom. The van der Waals surface area contributed by atoms with Gasteiger partial charge in [0.1, 0.15) is 11.6 Å². The Labute approximate surface area is 83.8 Å². The highest BCUT2D eigenvalue weighted by molar-refractivity contribution is 9.10. The van der Waals surface area contributed by atoms with Crippen molar-refractivity contribution >= 4 is 21.7 Å². The monoisotopic (exact) mass is 246 g/mol. The zero-order valence-electron chi connectivity index (χ0n) is 7.23. The molecule has 1 aromatic rings. The van der Waals surface area contributed by atoms with Crippen LogP contribution in [0.2, 0.25) is 0 Å². The fraction of sp³-hybridized carbons (Fsp3) is 0.222. The number of benzene rings is 1. The van der Waals surface area contributed by atoms with Crippen molar-refractivity contribution in [3.05, 3.63) is 28.0 Å².